The number of ether oxygens (including phenoxy) is 2. The normalized spacial score (nSPS) is 14.2. The van der Waals surface area contributed by atoms with Crippen LogP contribution in [-0.4, -0.2) is 20.3 Å². The van der Waals surface area contributed by atoms with Crippen molar-refractivity contribution in [1.82, 2.24) is 5.32 Å². The van der Waals surface area contributed by atoms with Crippen LogP contribution in [0.15, 0.2) is 12.1 Å². The first-order valence-corrected chi connectivity index (χ1v) is 5.07. The lowest BCUT2D eigenvalue weighted by Crippen LogP contribution is -2.17. The number of benzene rings is 1. The summed E-state index contributed by atoms with van der Waals surface area (Å²) >= 11 is 0. The minimum absolute atomic E-state index is 0.00130. The van der Waals surface area contributed by atoms with Gasteiger partial charge in [-0.25, -0.2) is 8.78 Å². The molecule has 0 atom stereocenters. The lowest BCUT2D eigenvalue weighted by molar-refractivity contribution is 0.145. The maximum Gasteiger partial charge on any atom is 0.264 e. The summed E-state index contributed by atoms with van der Waals surface area (Å²) in [7, 11) is 1.71. The van der Waals surface area contributed by atoms with Gasteiger partial charge in [-0.3, -0.25) is 0 Å². The molecule has 5 heteroatoms. The Morgan fingerprint density at radius 3 is 2.44 bits per heavy atom. The molecule has 1 heterocycles. The molecule has 1 aromatic rings. The van der Waals surface area contributed by atoms with Crippen LogP contribution in [0.1, 0.15) is 17.6 Å². The quantitative estimate of drug-likeness (QED) is 0.861. The van der Waals surface area contributed by atoms with E-state index in [0.29, 0.717) is 36.8 Å². The molecule has 1 aliphatic rings. The van der Waals surface area contributed by atoms with E-state index >= 15 is 0 Å². The van der Waals surface area contributed by atoms with Gasteiger partial charge in [0.05, 0.1) is 0 Å². The Bertz CT molecular complexity index is 382. The van der Waals surface area contributed by atoms with Gasteiger partial charge in [-0.05, 0) is 24.7 Å². The third kappa shape index (κ3) is 2.09. The molecule has 0 unspecified atom stereocenters. The summed E-state index contributed by atoms with van der Waals surface area (Å²) in [5, 5.41) is 2.86. The predicted octanol–water partition coefficient (Wildman–Crippen LogP) is 2.11. The Balaban J connectivity index is 2.41. The smallest absolute Gasteiger partial charge is 0.264 e. The highest BCUT2D eigenvalue weighted by molar-refractivity contribution is 5.48. The molecule has 0 bridgehead atoms. The Morgan fingerprint density at radius 2 is 1.88 bits per heavy atom. The van der Waals surface area contributed by atoms with E-state index < -0.39 is 6.43 Å². The van der Waals surface area contributed by atoms with Crippen molar-refractivity contribution in [1.29, 1.82) is 0 Å². The monoisotopic (exact) mass is 229 g/mol. The molecule has 1 N–H and O–H groups in total. The van der Waals surface area contributed by atoms with E-state index in [0.717, 1.165) is 0 Å². The summed E-state index contributed by atoms with van der Waals surface area (Å²) in [4.78, 5) is 0. The maximum absolute atomic E-state index is 12.8. The molecule has 88 valence electrons. The van der Waals surface area contributed by atoms with Crippen LogP contribution in [0.3, 0.4) is 0 Å². The molecule has 16 heavy (non-hydrogen) atoms. The Labute approximate surface area is 92.4 Å². The van der Waals surface area contributed by atoms with Crippen LogP contribution >= 0.6 is 0 Å². The lowest BCUT2D eigenvalue weighted by atomic mass is 10.1. The van der Waals surface area contributed by atoms with Crippen molar-refractivity contribution in [2.24, 2.45) is 0 Å². The van der Waals surface area contributed by atoms with Gasteiger partial charge < -0.3 is 14.8 Å². The molecule has 0 saturated heterocycles. The van der Waals surface area contributed by atoms with Gasteiger partial charge in [-0.1, -0.05) is 0 Å². The topological polar surface area (TPSA) is 30.5 Å². The molecule has 2 rings (SSSR count). The SMILES string of the molecule is CNCc1cc2c(cc1C(F)F)OCCO2. The van der Waals surface area contributed by atoms with Crippen molar-refractivity contribution < 1.29 is 18.3 Å². The minimum atomic E-state index is -2.50. The van der Waals surface area contributed by atoms with Crippen LogP contribution in [0.2, 0.25) is 0 Å². The molecular weight excluding hydrogens is 216 g/mol. The van der Waals surface area contributed by atoms with Gasteiger partial charge in [-0.2, -0.15) is 0 Å². The van der Waals surface area contributed by atoms with Crippen molar-refractivity contribution >= 4 is 0 Å². The lowest BCUT2D eigenvalue weighted by Gasteiger charge is -2.21. The van der Waals surface area contributed by atoms with Crippen molar-refractivity contribution in [2.45, 2.75) is 13.0 Å². The van der Waals surface area contributed by atoms with Gasteiger partial charge in [0.15, 0.2) is 11.5 Å². The van der Waals surface area contributed by atoms with Gasteiger partial charge >= 0.3 is 0 Å². The van der Waals surface area contributed by atoms with Crippen molar-refractivity contribution in [2.75, 3.05) is 20.3 Å². The molecule has 0 saturated carbocycles. The van der Waals surface area contributed by atoms with Gasteiger partial charge in [0, 0.05) is 12.1 Å². The van der Waals surface area contributed by atoms with Crippen LogP contribution in [-0.2, 0) is 6.54 Å². The number of nitrogens with one attached hydrogen (secondary N) is 1. The molecule has 0 radical (unpaired) electrons. The first kappa shape index (κ1) is 11.1. The fourth-order valence-corrected chi connectivity index (χ4v) is 1.69. The second kappa shape index (κ2) is 4.65. The highest BCUT2D eigenvalue weighted by atomic mass is 19.3. The highest BCUT2D eigenvalue weighted by Gasteiger charge is 2.20. The van der Waals surface area contributed by atoms with Crippen molar-refractivity contribution in [3.05, 3.63) is 23.3 Å². The van der Waals surface area contributed by atoms with E-state index in [9.17, 15) is 8.78 Å². The van der Waals surface area contributed by atoms with Crippen LogP contribution in [0.25, 0.3) is 0 Å². The van der Waals surface area contributed by atoms with E-state index in [4.69, 9.17) is 9.47 Å². The largest absolute Gasteiger partial charge is 0.486 e. The van der Waals surface area contributed by atoms with Crippen molar-refractivity contribution in [3.63, 3.8) is 0 Å². The van der Waals surface area contributed by atoms with Gasteiger partial charge in [0.2, 0.25) is 0 Å². The number of rotatable bonds is 3. The van der Waals surface area contributed by atoms with E-state index in [2.05, 4.69) is 5.32 Å². The average Bonchev–Trinajstić information content (AvgIpc) is 2.28. The molecule has 1 aromatic carbocycles. The Hall–Kier alpha value is -1.36. The maximum atomic E-state index is 12.8. The number of halogens is 2. The number of alkyl halides is 2. The molecule has 0 aliphatic carbocycles. The predicted molar refractivity (Wildman–Crippen MR) is 55.2 cm³/mol. The van der Waals surface area contributed by atoms with Crippen LogP contribution in [0.4, 0.5) is 8.78 Å². The minimum Gasteiger partial charge on any atom is -0.486 e. The van der Waals surface area contributed by atoms with E-state index in [1.54, 1.807) is 13.1 Å². The van der Waals surface area contributed by atoms with Crippen LogP contribution in [0.5, 0.6) is 11.5 Å². The molecule has 3 nitrogen and oxygen atoms in total. The molecule has 0 amide bonds. The van der Waals surface area contributed by atoms with Crippen molar-refractivity contribution in [3.8, 4) is 11.5 Å². The van der Waals surface area contributed by atoms with Gasteiger partial charge in [-0.15, -0.1) is 0 Å². The first-order valence-electron chi connectivity index (χ1n) is 5.07. The zero-order valence-electron chi connectivity index (χ0n) is 8.93. The number of hydrogen-bond donors (Lipinski definition) is 1. The molecular formula is C11H13F2NO2. The van der Waals surface area contributed by atoms with E-state index in [1.165, 1.54) is 6.07 Å². The summed E-state index contributed by atoms with van der Waals surface area (Å²) in [6.45, 7) is 1.25. The number of hydrogen-bond acceptors (Lipinski definition) is 3. The molecule has 0 aromatic heterocycles. The first-order chi connectivity index (χ1) is 7.72. The summed E-state index contributed by atoms with van der Waals surface area (Å²) in [5.74, 6) is 0.947. The highest BCUT2D eigenvalue weighted by Crippen LogP contribution is 2.36. The summed E-state index contributed by atoms with van der Waals surface area (Å²) in [5.41, 5.74) is 0.542. The van der Waals surface area contributed by atoms with Crippen LogP contribution < -0.4 is 14.8 Å². The molecule has 0 spiro atoms. The molecule has 1 aliphatic heterocycles. The van der Waals surface area contributed by atoms with Crippen LogP contribution in [0, 0.1) is 0 Å². The zero-order chi connectivity index (χ0) is 11.5. The Morgan fingerprint density at radius 1 is 1.25 bits per heavy atom. The van der Waals surface area contributed by atoms with E-state index in [-0.39, 0.29) is 5.56 Å². The zero-order valence-corrected chi connectivity index (χ0v) is 8.93. The number of fused-ring (bicyclic) bond motifs is 1. The Kier molecular flexibility index (Phi) is 3.24. The third-order valence-electron chi connectivity index (χ3n) is 2.41. The average molecular weight is 229 g/mol. The van der Waals surface area contributed by atoms with Gasteiger partial charge in [0.1, 0.15) is 13.2 Å². The second-order valence-corrected chi connectivity index (χ2v) is 3.53. The third-order valence-corrected chi connectivity index (χ3v) is 2.41. The standard InChI is InChI=1S/C11H13F2NO2/c1-14-6-7-4-9-10(16-3-2-15-9)5-8(7)11(12)13/h4-5,11,14H,2-3,6H2,1H3. The van der Waals surface area contributed by atoms with Gasteiger partial charge in [0.25, 0.3) is 6.43 Å². The fraction of sp³-hybridized carbons (Fsp3) is 0.455. The summed E-state index contributed by atoms with van der Waals surface area (Å²) in [6, 6.07) is 2.98. The summed E-state index contributed by atoms with van der Waals surface area (Å²) in [6.07, 6.45) is -2.50. The fourth-order valence-electron chi connectivity index (χ4n) is 1.69. The summed E-state index contributed by atoms with van der Waals surface area (Å²) < 4.78 is 36.2. The van der Waals surface area contributed by atoms with E-state index in [1.807, 2.05) is 0 Å². The molecule has 0 fully saturated rings. The second-order valence-electron chi connectivity index (χ2n) is 3.53.